The molecule has 0 aliphatic carbocycles. The van der Waals surface area contributed by atoms with E-state index in [1.54, 1.807) is 11.5 Å². The zero-order chi connectivity index (χ0) is 15.0. The first-order valence-electron chi connectivity index (χ1n) is 6.56. The van der Waals surface area contributed by atoms with Crippen molar-refractivity contribution in [1.82, 2.24) is 0 Å². The van der Waals surface area contributed by atoms with E-state index in [0.717, 1.165) is 0 Å². The number of rotatable bonds is 3. The summed E-state index contributed by atoms with van der Waals surface area (Å²) < 4.78 is 43.6. The molecule has 20 heavy (non-hydrogen) atoms. The Kier molecular flexibility index (Phi) is 3.97. The summed E-state index contributed by atoms with van der Waals surface area (Å²) in [5.41, 5.74) is -1.80. The molecule has 2 heterocycles. The molecule has 2 saturated heterocycles. The highest BCUT2D eigenvalue weighted by Crippen LogP contribution is 2.39. The summed E-state index contributed by atoms with van der Waals surface area (Å²) in [6.45, 7) is 7.95. The van der Waals surface area contributed by atoms with Crippen LogP contribution in [0.3, 0.4) is 0 Å². The first-order valence-corrected chi connectivity index (χ1v) is 6.56. The molecule has 0 radical (unpaired) electrons. The number of nitrogens with zero attached hydrogens (tertiary/aromatic N) is 1. The summed E-state index contributed by atoms with van der Waals surface area (Å²) >= 11 is 0. The van der Waals surface area contributed by atoms with Crippen LogP contribution in [-0.4, -0.2) is 55.3 Å². The maximum Gasteiger partial charge on any atom is 0.668 e. The Hall–Kier alpha value is -1.28. The number of halogens is 2. The lowest BCUT2D eigenvalue weighted by Gasteiger charge is -2.31. The Labute approximate surface area is 116 Å². The molecule has 0 aromatic carbocycles. The van der Waals surface area contributed by atoms with E-state index in [4.69, 9.17) is 14.0 Å². The number of Topliss-reactive ketones (excluding diaryl/α,β-unsaturated/α-hetero) is 1. The molecule has 0 spiro atoms. The molecule has 0 aromatic rings. The fourth-order valence-corrected chi connectivity index (χ4v) is 2.61. The van der Waals surface area contributed by atoms with Crippen LogP contribution in [-0.2, 0) is 18.8 Å². The van der Waals surface area contributed by atoms with Crippen LogP contribution < -0.4 is 0 Å². The molecule has 0 amide bonds. The second-order valence-corrected chi connectivity index (χ2v) is 4.99. The molecule has 2 aliphatic rings. The Bertz CT molecular complexity index is 460. The van der Waals surface area contributed by atoms with Gasteiger partial charge in [0.05, 0.1) is 0 Å². The summed E-state index contributed by atoms with van der Waals surface area (Å²) in [5, 5.41) is 0. The highest BCUT2D eigenvalue weighted by Gasteiger charge is 2.63. The van der Waals surface area contributed by atoms with Crippen LogP contribution in [0.2, 0.25) is 0 Å². The van der Waals surface area contributed by atoms with Crippen molar-refractivity contribution in [2.75, 3.05) is 26.3 Å². The van der Waals surface area contributed by atoms with Crippen LogP contribution in [0.1, 0.15) is 13.8 Å². The van der Waals surface area contributed by atoms with Gasteiger partial charge in [-0.25, -0.2) is 0 Å². The molecular weight excluding hydrogens is 271 g/mol. The summed E-state index contributed by atoms with van der Waals surface area (Å²) in [4.78, 5) is 12.1. The van der Waals surface area contributed by atoms with Crippen LogP contribution in [0.5, 0.6) is 0 Å². The average Bonchev–Trinajstić information content (AvgIpc) is 2.72. The Morgan fingerprint density at radius 1 is 1.50 bits per heavy atom. The van der Waals surface area contributed by atoms with Gasteiger partial charge < -0.3 is 22.7 Å². The fraction of sp³-hybridized carbons (Fsp3) is 0.667. The maximum absolute atomic E-state index is 13.7. The standard InChI is InChI=1S/C12H18BF2NO4/c1-4-9(2)12(10(3)17)11(19-13(14,15)20-12)16-5-7-18-8-6-16/h4,9H,1,5-8H2,2-3H3/t9-,12+/m0/s1. The van der Waals surface area contributed by atoms with Crippen LogP contribution in [0.4, 0.5) is 8.63 Å². The largest absolute Gasteiger partial charge is 0.668 e. The minimum absolute atomic E-state index is 0.120. The number of carbonyl (C=O) groups is 1. The Morgan fingerprint density at radius 3 is 2.60 bits per heavy atom. The highest BCUT2D eigenvalue weighted by molar-refractivity contribution is 6.57. The zero-order valence-electron chi connectivity index (χ0n) is 11.6. The molecule has 2 fully saturated rings. The molecule has 2 aliphatic heterocycles. The lowest BCUT2D eigenvalue weighted by atomic mass is 9.84. The van der Waals surface area contributed by atoms with Gasteiger partial charge in [-0.15, -0.1) is 6.58 Å². The zero-order valence-corrected chi connectivity index (χ0v) is 11.6. The smallest absolute Gasteiger partial charge is 0.591 e. The number of ether oxygens (including phenoxy) is 1. The molecule has 2 rings (SSSR count). The minimum Gasteiger partial charge on any atom is -0.591 e. The van der Waals surface area contributed by atoms with Gasteiger partial charge in [-0.1, -0.05) is 13.0 Å². The van der Waals surface area contributed by atoms with Crippen LogP contribution in [0.15, 0.2) is 12.7 Å². The van der Waals surface area contributed by atoms with Gasteiger partial charge in [0.25, 0.3) is 0 Å². The van der Waals surface area contributed by atoms with E-state index in [2.05, 4.69) is 6.58 Å². The van der Waals surface area contributed by atoms with E-state index in [0.29, 0.717) is 26.3 Å². The highest BCUT2D eigenvalue weighted by atomic mass is 19.3. The Morgan fingerprint density at radius 2 is 2.10 bits per heavy atom. The second-order valence-electron chi connectivity index (χ2n) is 4.99. The van der Waals surface area contributed by atoms with E-state index in [-0.39, 0.29) is 5.90 Å². The minimum atomic E-state index is -4.51. The van der Waals surface area contributed by atoms with Gasteiger partial charge in [-0.05, 0) is 6.92 Å². The third-order valence-electron chi connectivity index (χ3n) is 3.71. The van der Waals surface area contributed by atoms with Crippen LogP contribution in [0.25, 0.3) is 0 Å². The van der Waals surface area contributed by atoms with Crippen molar-refractivity contribution in [2.45, 2.75) is 19.4 Å². The SMILES string of the molecule is C=C[C@H](C)[C@]1(C(C)=O)O[B-](F)(F)OC1=[N+]1CCOCC1. The monoisotopic (exact) mass is 289 g/mol. The first-order chi connectivity index (χ1) is 9.33. The van der Waals surface area contributed by atoms with Gasteiger partial charge >= 0.3 is 13.0 Å². The van der Waals surface area contributed by atoms with Crippen LogP contribution in [0, 0.1) is 5.92 Å². The van der Waals surface area contributed by atoms with Crippen molar-refractivity contribution in [3.8, 4) is 0 Å². The number of morpholine rings is 1. The van der Waals surface area contributed by atoms with E-state index in [1.165, 1.54) is 13.0 Å². The summed E-state index contributed by atoms with van der Waals surface area (Å²) in [6, 6.07) is 0. The topological polar surface area (TPSA) is 47.8 Å². The van der Waals surface area contributed by atoms with Crippen molar-refractivity contribution < 1.29 is 32.0 Å². The number of hydrogen-bond acceptors (Lipinski definition) is 4. The molecular formula is C12H18BF2NO4. The van der Waals surface area contributed by atoms with Gasteiger partial charge in [0.15, 0.2) is 18.9 Å². The molecule has 0 saturated carbocycles. The molecule has 0 unspecified atom stereocenters. The lowest BCUT2D eigenvalue weighted by molar-refractivity contribution is -0.557. The van der Waals surface area contributed by atoms with Crippen molar-refractivity contribution in [3.63, 3.8) is 0 Å². The van der Waals surface area contributed by atoms with E-state index < -0.39 is 24.4 Å². The van der Waals surface area contributed by atoms with Crippen molar-refractivity contribution in [1.29, 1.82) is 0 Å². The molecule has 0 N–H and O–H groups in total. The fourth-order valence-electron chi connectivity index (χ4n) is 2.61. The summed E-state index contributed by atoms with van der Waals surface area (Å²) in [7, 11) is -4.51. The molecule has 0 aromatic heterocycles. The molecule has 5 nitrogen and oxygen atoms in total. The summed E-state index contributed by atoms with van der Waals surface area (Å²) in [5.74, 6) is -1.27. The normalized spacial score (nSPS) is 30.8. The van der Waals surface area contributed by atoms with E-state index in [9.17, 15) is 13.4 Å². The maximum atomic E-state index is 13.7. The van der Waals surface area contributed by atoms with Crippen molar-refractivity contribution >= 4 is 18.8 Å². The lowest BCUT2D eigenvalue weighted by Crippen LogP contribution is -2.53. The molecule has 112 valence electrons. The number of hydrogen-bond donors (Lipinski definition) is 0. The van der Waals surface area contributed by atoms with Crippen molar-refractivity contribution in [2.24, 2.45) is 5.92 Å². The number of ketones is 1. The first kappa shape index (κ1) is 15.1. The predicted molar refractivity (Wildman–Crippen MR) is 68.7 cm³/mol. The van der Waals surface area contributed by atoms with Crippen LogP contribution >= 0.6 is 0 Å². The third-order valence-corrected chi connectivity index (χ3v) is 3.71. The van der Waals surface area contributed by atoms with E-state index in [1.807, 2.05) is 0 Å². The van der Waals surface area contributed by atoms with Gasteiger partial charge in [0, 0.05) is 5.92 Å². The Balaban J connectivity index is 2.55. The van der Waals surface area contributed by atoms with Gasteiger partial charge in [0.2, 0.25) is 5.60 Å². The quantitative estimate of drug-likeness (QED) is 0.442. The number of carbonyl (C=O) groups excluding carboxylic acids is 1. The van der Waals surface area contributed by atoms with Gasteiger partial charge in [-0.2, -0.15) is 4.58 Å². The van der Waals surface area contributed by atoms with Crippen molar-refractivity contribution in [3.05, 3.63) is 12.7 Å². The molecule has 0 bridgehead atoms. The predicted octanol–water partition coefficient (Wildman–Crippen LogP) is 0.999. The summed E-state index contributed by atoms with van der Waals surface area (Å²) in [6.07, 6.45) is 1.42. The molecule has 2 atom stereocenters. The average molecular weight is 289 g/mol. The third kappa shape index (κ3) is 2.38. The molecule has 8 heteroatoms. The van der Waals surface area contributed by atoms with E-state index >= 15 is 0 Å². The van der Waals surface area contributed by atoms with Gasteiger partial charge in [-0.3, -0.25) is 4.79 Å². The van der Waals surface area contributed by atoms with Gasteiger partial charge in [0.1, 0.15) is 13.2 Å². The second kappa shape index (κ2) is 5.25.